The zero-order valence-electron chi connectivity index (χ0n) is 12.0. The topological polar surface area (TPSA) is 74.7 Å². The van der Waals surface area contributed by atoms with Crippen molar-refractivity contribution in [1.29, 1.82) is 0 Å². The van der Waals surface area contributed by atoms with Crippen molar-refractivity contribution in [2.24, 2.45) is 0 Å². The van der Waals surface area contributed by atoms with E-state index in [-0.39, 0.29) is 19.2 Å². The average Bonchev–Trinajstić information content (AvgIpc) is 3.09. The lowest BCUT2D eigenvalue weighted by atomic mass is 10.1. The molecule has 22 heavy (non-hydrogen) atoms. The SMILES string of the molecule is Cc1nc(C)c(C(=O)OCC(=O)c2ccc3c(c2)OCO3)s1. The number of aryl methyl sites for hydroxylation is 2. The van der Waals surface area contributed by atoms with Crippen LogP contribution in [0.2, 0.25) is 0 Å². The van der Waals surface area contributed by atoms with Gasteiger partial charge in [0.1, 0.15) is 4.88 Å². The first kappa shape index (κ1) is 14.5. The summed E-state index contributed by atoms with van der Waals surface area (Å²) in [6, 6.07) is 4.86. The van der Waals surface area contributed by atoms with E-state index < -0.39 is 5.97 Å². The first-order valence-corrected chi connectivity index (χ1v) is 7.40. The van der Waals surface area contributed by atoms with Crippen LogP contribution < -0.4 is 9.47 Å². The highest BCUT2D eigenvalue weighted by atomic mass is 32.1. The molecule has 2 heterocycles. The lowest BCUT2D eigenvalue weighted by molar-refractivity contribution is 0.0478. The second kappa shape index (κ2) is 5.76. The van der Waals surface area contributed by atoms with Gasteiger partial charge in [-0.1, -0.05) is 0 Å². The molecule has 0 amide bonds. The van der Waals surface area contributed by atoms with Crippen LogP contribution in [0.3, 0.4) is 0 Å². The van der Waals surface area contributed by atoms with Crippen LogP contribution in [0.1, 0.15) is 30.7 Å². The molecule has 0 fully saturated rings. The Balaban J connectivity index is 1.65. The van der Waals surface area contributed by atoms with Crippen LogP contribution in [0.4, 0.5) is 0 Å². The zero-order valence-corrected chi connectivity index (χ0v) is 12.9. The largest absolute Gasteiger partial charge is 0.454 e. The van der Waals surface area contributed by atoms with Crippen molar-refractivity contribution in [3.05, 3.63) is 39.3 Å². The highest BCUT2D eigenvalue weighted by Gasteiger charge is 2.19. The van der Waals surface area contributed by atoms with Crippen LogP contribution in [-0.2, 0) is 4.74 Å². The Hall–Kier alpha value is -2.41. The van der Waals surface area contributed by atoms with E-state index in [1.54, 1.807) is 25.1 Å². The summed E-state index contributed by atoms with van der Waals surface area (Å²) in [5.74, 6) is 0.290. The number of ether oxygens (including phenoxy) is 3. The van der Waals surface area contributed by atoms with Crippen molar-refractivity contribution in [1.82, 2.24) is 4.98 Å². The summed E-state index contributed by atoms with van der Waals surface area (Å²) in [7, 11) is 0. The molecular formula is C15H13NO5S. The fraction of sp³-hybridized carbons (Fsp3) is 0.267. The summed E-state index contributed by atoms with van der Waals surface area (Å²) < 4.78 is 15.5. The molecule has 0 saturated heterocycles. The zero-order chi connectivity index (χ0) is 15.7. The number of benzene rings is 1. The second-order valence-electron chi connectivity index (χ2n) is 4.71. The van der Waals surface area contributed by atoms with Crippen molar-refractivity contribution >= 4 is 23.1 Å². The quantitative estimate of drug-likeness (QED) is 0.637. The Labute approximate surface area is 130 Å². The average molecular weight is 319 g/mol. The number of rotatable bonds is 4. The number of carbonyl (C=O) groups is 2. The van der Waals surface area contributed by atoms with Crippen molar-refractivity contribution in [2.45, 2.75) is 13.8 Å². The van der Waals surface area contributed by atoms with Gasteiger partial charge in [-0.2, -0.15) is 0 Å². The fourth-order valence-corrected chi connectivity index (χ4v) is 2.88. The highest BCUT2D eigenvalue weighted by Crippen LogP contribution is 2.32. The molecule has 2 aromatic rings. The van der Waals surface area contributed by atoms with Gasteiger partial charge >= 0.3 is 5.97 Å². The minimum absolute atomic E-state index is 0.145. The molecule has 0 radical (unpaired) electrons. The third kappa shape index (κ3) is 2.80. The van der Waals surface area contributed by atoms with E-state index in [0.717, 1.165) is 5.01 Å². The molecule has 0 saturated carbocycles. The van der Waals surface area contributed by atoms with Gasteiger partial charge in [0.15, 0.2) is 23.9 Å². The van der Waals surface area contributed by atoms with Gasteiger partial charge in [0.2, 0.25) is 6.79 Å². The third-order valence-corrected chi connectivity index (χ3v) is 4.17. The Morgan fingerprint density at radius 1 is 1.27 bits per heavy atom. The lowest BCUT2D eigenvalue weighted by Crippen LogP contribution is -2.14. The van der Waals surface area contributed by atoms with Crippen LogP contribution in [0.5, 0.6) is 11.5 Å². The van der Waals surface area contributed by atoms with Gasteiger partial charge in [0.05, 0.1) is 10.7 Å². The van der Waals surface area contributed by atoms with E-state index in [0.29, 0.717) is 27.6 Å². The van der Waals surface area contributed by atoms with Crippen molar-refractivity contribution in [3.63, 3.8) is 0 Å². The van der Waals surface area contributed by atoms with E-state index in [9.17, 15) is 9.59 Å². The molecule has 0 atom stereocenters. The van der Waals surface area contributed by atoms with Crippen LogP contribution in [-0.4, -0.2) is 30.1 Å². The van der Waals surface area contributed by atoms with Crippen LogP contribution >= 0.6 is 11.3 Å². The number of hydrogen-bond acceptors (Lipinski definition) is 7. The standard InChI is InChI=1S/C15H13NO5S/c1-8-14(22-9(2)16-8)15(18)19-6-11(17)10-3-4-12-13(5-10)21-7-20-12/h3-5H,6-7H2,1-2H3. The Bertz CT molecular complexity index is 752. The number of aromatic nitrogens is 1. The van der Waals surface area contributed by atoms with E-state index in [4.69, 9.17) is 14.2 Å². The molecule has 114 valence electrons. The van der Waals surface area contributed by atoms with Crippen molar-refractivity contribution < 1.29 is 23.8 Å². The second-order valence-corrected chi connectivity index (χ2v) is 5.92. The van der Waals surface area contributed by atoms with E-state index in [1.165, 1.54) is 11.3 Å². The molecule has 0 bridgehead atoms. The molecule has 0 spiro atoms. The number of ketones is 1. The maximum Gasteiger partial charge on any atom is 0.350 e. The minimum Gasteiger partial charge on any atom is -0.454 e. The first-order chi connectivity index (χ1) is 10.5. The summed E-state index contributed by atoms with van der Waals surface area (Å²) in [5.41, 5.74) is 1.03. The van der Waals surface area contributed by atoms with Crippen LogP contribution in [0.15, 0.2) is 18.2 Å². The van der Waals surface area contributed by atoms with Gasteiger partial charge in [0, 0.05) is 5.56 Å². The summed E-state index contributed by atoms with van der Waals surface area (Å²) in [4.78, 5) is 28.6. The highest BCUT2D eigenvalue weighted by molar-refractivity contribution is 7.13. The number of Topliss-reactive ketones (excluding diaryl/α,β-unsaturated/α-hetero) is 1. The van der Waals surface area contributed by atoms with Crippen molar-refractivity contribution in [2.75, 3.05) is 13.4 Å². The summed E-state index contributed by atoms with van der Waals surface area (Å²) >= 11 is 1.25. The Kier molecular flexibility index (Phi) is 3.81. The molecule has 3 rings (SSSR count). The van der Waals surface area contributed by atoms with Gasteiger partial charge in [-0.15, -0.1) is 11.3 Å². The fourth-order valence-electron chi connectivity index (χ4n) is 2.07. The molecule has 6 nitrogen and oxygen atoms in total. The van der Waals surface area contributed by atoms with E-state index >= 15 is 0 Å². The van der Waals surface area contributed by atoms with E-state index in [1.807, 2.05) is 6.92 Å². The number of fused-ring (bicyclic) bond motifs is 1. The Morgan fingerprint density at radius 3 is 2.77 bits per heavy atom. The Morgan fingerprint density at radius 2 is 2.05 bits per heavy atom. The maximum absolute atomic E-state index is 12.1. The van der Waals surface area contributed by atoms with Gasteiger partial charge in [-0.25, -0.2) is 9.78 Å². The molecule has 0 N–H and O–H groups in total. The van der Waals surface area contributed by atoms with E-state index in [2.05, 4.69) is 4.98 Å². The predicted octanol–water partition coefficient (Wildman–Crippen LogP) is 2.53. The third-order valence-electron chi connectivity index (χ3n) is 3.12. The van der Waals surface area contributed by atoms with Gasteiger partial charge < -0.3 is 14.2 Å². The molecule has 1 aliphatic heterocycles. The summed E-state index contributed by atoms with van der Waals surface area (Å²) in [5, 5.41) is 0.784. The molecule has 1 aliphatic rings. The molecule has 0 aliphatic carbocycles. The monoisotopic (exact) mass is 319 g/mol. The van der Waals surface area contributed by atoms with Crippen LogP contribution in [0.25, 0.3) is 0 Å². The molecule has 7 heteroatoms. The summed E-state index contributed by atoms with van der Waals surface area (Å²) in [6.45, 7) is 3.37. The first-order valence-electron chi connectivity index (χ1n) is 6.58. The number of carbonyl (C=O) groups excluding carboxylic acids is 2. The smallest absolute Gasteiger partial charge is 0.350 e. The number of thiazole rings is 1. The van der Waals surface area contributed by atoms with Gasteiger partial charge in [0.25, 0.3) is 0 Å². The predicted molar refractivity (Wildman–Crippen MR) is 78.8 cm³/mol. The van der Waals surface area contributed by atoms with Gasteiger partial charge in [-0.3, -0.25) is 4.79 Å². The number of hydrogen-bond donors (Lipinski definition) is 0. The number of esters is 1. The molecule has 0 unspecified atom stereocenters. The van der Waals surface area contributed by atoms with Crippen molar-refractivity contribution in [3.8, 4) is 11.5 Å². The normalized spacial score (nSPS) is 12.3. The molecular weight excluding hydrogens is 306 g/mol. The molecule has 1 aromatic carbocycles. The van der Waals surface area contributed by atoms with Gasteiger partial charge in [-0.05, 0) is 32.0 Å². The van der Waals surface area contributed by atoms with Crippen LogP contribution in [0, 0.1) is 13.8 Å². The maximum atomic E-state index is 12.1. The number of nitrogens with zero attached hydrogens (tertiary/aromatic N) is 1. The summed E-state index contributed by atoms with van der Waals surface area (Å²) in [6.07, 6.45) is 0. The lowest BCUT2D eigenvalue weighted by Gasteiger charge is -2.04. The minimum atomic E-state index is -0.530. The molecule has 1 aromatic heterocycles.